The molecule has 380 valence electrons. The van der Waals surface area contributed by atoms with E-state index >= 15 is 0 Å². The summed E-state index contributed by atoms with van der Waals surface area (Å²) in [5, 5.41) is 12.3. The maximum absolute atomic E-state index is 5.14. The van der Waals surface area contributed by atoms with E-state index in [1.54, 1.807) is 0 Å². The SMILES string of the molecule is Cc1c(-c2ccccc2-c2cc(-c3ccccc3-c3ccc(-c4[c-]ccc(-c5ccc6c(c5)sc5cc(-c7ccccc7)ccc56)c4)nc3)cc(-c3ccccc3-c3cnn(-c4[c-]cccc4)c3C)c2)cnn1-c1[c-]cccc1.[Ir+3]. The summed E-state index contributed by atoms with van der Waals surface area (Å²) in [5.41, 5.74) is 23.5. The molecule has 0 saturated heterocycles. The number of hydrogen-bond acceptors (Lipinski definition) is 4. The van der Waals surface area contributed by atoms with Crippen LogP contribution in [0.1, 0.15) is 11.4 Å². The molecule has 0 aliphatic heterocycles. The Hall–Kier alpha value is -9.36. The molecule has 7 heteroatoms. The third-order valence-electron chi connectivity index (χ3n) is 15.2. The molecule has 4 heterocycles. The van der Waals surface area contributed by atoms with Crippen molar-refractivity contribution < 1.29 is 20.1 Å². The molecule has 5 nitrogen and oxygen atoms in total. The quantitative estimate of drug-likeness (QED) is 0.121. The topological polar surface area (TPSA) is 48.5 Å². The van der Waals surface area contributed by atoms with E-state index in [2.05, 4.69) is 214 Å². The Morgan fingerprint density at radius 3 is 1.29 bits per heavy atom. The zero-order chi connectivity index (χ0) is 52.8. The maximum atomic E-state index is 5.14. The van der Waals surface area contributed by atoms with Crippen molar-refractivity contribution in [1.82, 2.24) is 24.5 Å². The first-order valence-corrected chi connectivity index (χ1v) is 27.3. The molecule has 0 spiro atoms. The monoisotopic (exact) mass is 1220 g/mol. The third kappa shape index (κ3) is 9.31. The molecule has 0 aliphatic carbocycles. The number of para-hydroxylation sites is 2. The van der Waals surface area contributed by atoms with E-state index in [1.165, 1.54) is 36.9 Å². The normalized spacial score (nSPS) is 11.3. The molecule has 0 bridgehead atoms. The fourth-order valence-corrected chi connectivity index (χ4v) is 12.3. The molecule has 0 aliphatic rings. The summed E-state index contributed by atoms with van der Waals surface area (Å²) in [6, 6.07) is 94.1. The second-order valence-corrected chi connectivity index (χ2v) is 20.9. The van der Waals surface area contributed by atoms with E-state index < -0.39 is 0 Å². The van der Waals surface area contributed by atoms with Gasteiger partial charge in [-0.1, -0.05) is 140 Å². The van der Waals surface area contributed by atoms with Crippen molar-refractivity contribution in [2.75, 3.05) is 0 Å². The second-order valence-electron chi connectivity index (χ2n) is 19.9. The van der Waals surface area contributed by atoms with Crippen LogP contribution >= 0.6 is 11.3 Å². The standard InChI is InChI=1S/C73H48N5S.Ir/c1-48-69(46-75-77(48)59-23-8-4-9-24-59)65-31-16-14-29-63(65)57-40-56(41-58(42-57)64-30-15-17-32-66(64)70-47-76-78(49(70)2)60-25-10-5-11-26-60)62-28-13-12-27-61(62)55-35-38-71(74-45-55)54-22-18-21-51(39-54)53-34-37-68-67-36-33-52(50-19-6-3-7-20-50)43-72(67)79-73(68)44-53;/h3-21,23,25,27-47H,1-2H3;/q-3;+3. The fourth-order valence-electron chi connectivity index (χ4n) is 11.2. The number of aromatic nitrogens is 5. The Morgan fingerprint density at radius 2 is 0.787 bits per heavy atom. The summed E-state index contributed by atoms with van der Waals surface area (Å²) in [7, 11) is 0. The third-order valence-corrected chi connectivity index (χ3v) is 16.3. The molecule has 0 fully saturated rings. The van der Waals surface area contributed by atoms with Gasteiger partial charge in [0.05, 0.1) is 12.4 Å². The van der Waals surface area contributed by atoms with Crippen molar-refractivity contribution in [3.8, 4) is 112 Å². The molecule has 4 aromatic heterocycles. The van der Waals surface area contributed by atoms with Gasteiger partial charge in [0.15, 0.2) is 0 Å². The largest absolute Gasteiger partial charge is 3.00 e. The van der Waals surface area contributed by atoms with E-state index in [1.807, 2.05) is 93.9 Å². The van der Waals surface area contributed by atoms with Crippen LogP contribution in [-0.4, -0.2) is 24.5 Å². The summed E-state index contributed by atoms with van der Waals surface area (Å²) < 4.78 is 6.50. The first-order chi connectivity index (χ1) is 39.0. The Bertz CT molecular complexity index is 4410. The molecule has 10 aromatic carbocycles. The van der Waals surface area contributed by atoms with Gasteiger partial charge in [-0.15, -0.1) is 58.9 Å². The van der Waals surface area contributed by atoms with Crippen molar-refractivity contribution >= 4 is 31.5 Å². The van der Waals surface area contributed by atoms with Crippen molar-refractivity contribution in [2.45, 2.75) is 13.8 Å². The smallest absolute Gasteiger partial charge is 0.304 e. The van der Waals surface area contributed by atoms with Crippen molar-refractivity contribution in [3.63, 3.8) is 0 Å². The molecular weight excluding hydrogens is 1170 g/mol. The van der Waals surface area contributed by atoms with Crippen LogP contribution in [0.3, 0.4) is 0 Å². The van der Waals surface area contributed by atoms with E-state index in [-0.39, 0.29) is 20.1 Å². The number of rotatable bonds is 11. The van der Waals surface area contributed by atoms with Gasteiger partial charge in [-0.25, -0.2) is 0 Å². The molecule has 80 heavy (non-hydrogen) atoms. The van der Waals surface area contributed by atoms with Crippen LogP contribution in [0.4, 0.5) is 0 Å². The van der Waals surface area contributed by atoms with Gasteiger partial charge in [0.2, 0.25) is 0 Å². The molecule has 0 unspecified atom stereocenters. The molecule has 0 radical (unpaired) electrons. The molecule has 14 aromatic rings. The van der Waals surface area contributed by atoms with Gasteiger partial charge in [0.25, 0.3) is 0 Å². The van der Waals surface area contributed by atoms with Crippen LogP contribution in [0.15, 0.2) is 255 Å². The zero-order valence-corrected chi connectivity index (χ0v) is 46.9. The van der Waals surface area contributed by atoms with E-state index in [4.69, 9.17) is 15.2 Å². The summed E-state index contributed by atoms with van der Waals surface area (Å²) in [4.78, 5) is 5.14. The Balaban J connectivity index is 0.00000605. The number of fused-ring (bicyclic) bond motifs is 3. The van der Waals surface area contributed by atoms with Gasteiger partial charge in [-0.05, 0) is 134 Å². The summed E-state index contributed by atoms with van der Waals surface area (Å²) >= 11 is 1.85. The Kier molecular flexibility index (Phi) is 13.5. The molecule has 0 saturated carbocycles. The number of nitrogens with zero attached hydrogens (tertiary/aromatic N) is 5. The van der Waals surface area contributed by atoms with Gasteiger partial charge in [0.1, 0.15) is 0 Å². The minimum Gasteiger partial charge on any atom is -0.304 e. The average Bonchev–Trinajstić information content (AvgIpc) is 4.32. The van der Waals surface area contributed by atoms with Gasteiger partial charge in [0, 0.05) is 48.9 Å². The molecule has 0 amide bonds. The number of thiophene rings is 1. The van der Waals surface area contributed by atoms with Gasteiger partial charge in [-0.2, -0.15) is 58.7 Å². The Labute approximate surface area is 483 Å². The zero-order valence-electron chi connectivity index (χ0n) is 43.7. The summed E-state index contributed by atoms with van der Waals surface area (Å²) in [6.45, 7) is 4.26. The molecule has 0 atom stereocenters. The van der Waals surface area contributed by atoms with Gasteiger partial charge in [-0.3, -0.25) is 9.36 Å². The molecular formula is C73H48IrN5S. The van der Waals surface area contributed by atoms with E-state index in [9.17, 15) is 0 Å². The maximum Gasteiger partial charge on any atom is 3.00 e. The average molecular weight is 1220 g/mol. The van der Waals surface area contributed by atoms with Crippen LogP contribution < -0.4 is 0 Å². The fraction of sp³-hybridized carbons (Fsp3) is 0.0274. The summed E-state index contributed by atoms with van der Waals surface area (Å²) in [6.07, 6.45) is 5.96. The number of benzene rings is 10. The first kappa shape index (κ1) is 50.2. The van der Waals surface area contributed by atoms with E-state index in [0.717, 1.165) is 106 Å². The van der Waals surface area contributed by atoms with Crippen molar-refractivity contribution in [1.29, 1.82) is 0 Å². The van der Waals surface area contributed by atoms with Crippen LogP contribution in [0.5, 0.6) is 0 Å². The molecule has 14 rings (SSSR count). The van der Waals surface area contributed by atoms with Gasteiger partial charge >= 0.3 is 20.1 Å². The second kappa shape index (κ2) is 21.5. The van der Waals surface area contributed by atoms with Crippen LogP contribution in [0.2, 0.25) is 0 Å². The first-order valence-electron chi connectivity index (χ1n) is 26.5. The van der Waals surface area contributed by atoms with Crippen molar-refractivity contribution in [3.05, 3.63) is 285 Å². The van der Waals surface area contributed by atoms with Crippen LogP contribution in [0.25, 0.3) is 132 Å². The number of hydrogen-bond donors (Lipinski definition) is 0. The minimum atomic E-state index is 0. The summed E-state index contributed by atoms with van der Waals surface area (Å²) in [5.74, 6) is 0. The molecule has 0 N–H and O–H groups in total. The minimum absolute atomic E-state index is 0. The van der Waals surface area contributed by atoms with Crippen LogP contribution in [0, 0.1) is 32.0 Å². The van der Waals surface area contributed by atoms with Crippen molar-refractivity contribution in [2.24, 2.45) is 0 Å². The predicted molar refractivity (Wildman–Crippen MR) is 326 cm³/mol. The van der Waals surface area contributed by atoms with E-state index in [0.29, 0.717) is 0 Å². The Morgan fingerprint density at radius 1 is 0.338 bits per heavy atom. The van der Waals surface area contributed by atoms with Crippen LogP contribution in [-0.2, 0) is 20.1 Å². The number of pyridine rings is 1. The van der Waals surface area contributed by atoms with Gasteiger partial charge < -0.3 is 4.98 Å². The predicted octanol–water partition coefficient (Wildman–Crippen LogP) is 18.8.